The summed E-state index contributed by atoms with van der Waals surface area (Å²) in [5, 5.41) is 0. The molecule has 0 spiro atoms. The smallest absolute Gasteiger partial charge is 0.234 e. The second-order valence-corrected chi connectivity index (χ2v) is 9.00. The standard InChI is InChI=1S/C24H33N3O/c1-18-16-19(2)27(23(3,4)17-18)15-13-24(22(25)28,20-10-6-5-7-11-20)21-12-8-9-14-26-21/h5-12,14,18-19H,13,15-17H2,1-4H3,(H2,25,28). The molecule has 3 unspecified atom stereocenters. The van der Waals surface area contributed by atoms with E-state index in [1.54, 1.807) is 6.20 Å². The first-order valence-corrected chi connectivity index (χ1v) is 10.3. The van der Waals surface area contributed by atoms with Gasteiger partial charge in [-0.3, -0.25) is 14.7 Å². The molecule has 1 fully saturated rings. The molecule has 1 aromatic heterocycles. The van der Waals surface area contributed by atoms with E-state index in [9.17, 15) is 4.79 Å². The summed E-state index contributed by atoms with van der Waals surface area (Å²) in [7, 11) is 0. The fourth-order valence-electron chi connectivity index (χ4n) is 5.32. The van der Waals surface area contributed by atoms with Gasteiger partial charge in [-0.2, -0.15) is 0 Å². The number of nitrogens with zero attached hydrogens (tertiary/aromatic N) is 2. The van der Waals surface area contributed by atoms with Crippen LogP contribution < -0.4 is 5.73 Å². The first kappa shape index (κ1) is 20.5. The van der Waals surface area contributed by atoms with Crippen LogP contribution in [0.15, 0.2) is 54.7 Å². The van der Waals surface area contributed by atoms with Crippen LogP contribution in [0.4, 0.5) is 0 Å². The van der Waals surface area contributed by atoms with Crippen LogP contribution in [0.25, 0.3) is 0 Å². The predicted molar refractivity (Wildman–Crippen MR) is 114 cm³/mol. The normalized spacial score (nSPS) is 24.4. The average molecular weight is 380 g/mol. The molecule has 2 aromatic rings. The average Bonchev–Trinajstić information content (AvgIpc) is 2.64. The van der Waals surface area contributed by atoms with Crippen molar-refractivity contribution < 1.29 is 4.79 Å². The summed E-state index contributed by atoms with van der Waals surface area (Å²) in [6.45, 7) is 10.1. The number of hydrogen-bond acceptors (Lipinski definition) is 3. The van der Waals surface area contributed by atoms with E-state index in [1.807, 2.05) is 48.5 Å². The number of rotatable bonds is 6. The van der Waals surface area contributed by atoms with E-state index in [4.69, 9.17) is 5.73 Å². The fourth-order valence-corrected chi connectivity index (χ4v) is 5.32. The largest absolute Gasteiger partial charge is 0.369 e. The van der Waals surface area contributed by atoms with Gasteiger partial charge >= 0.3 is 0 Å². The molecular weight excluding hydrogens is 346 g/mol. The minimum absolute atomic E-state index is 0.0985. The van der Waals surface area contributed by atoms with Crippen molar-refractivity contribution in [3.63, 3.8) is 0 Å². The summed E-state index contributed by atoms with van der Waals surface area (Å²) in [6.07, 6.45) is 4.70. The number of carbonyl (C=O) groups is 1. The van der Waals surface area contributed by atoms with Gasteiger partial charge < -0.3 is 5.73 Å². The molecule has 2 N–H and O–H groups in total. The van der Waals surface area contributed by atoms with Crippen LogP contribution >= 0.6 is 0 Å². The Bertz CT molecular complexity index is 749. The van der Waals surface area contributed by atoms with E-state index in [-0.39, 0.29) is 11.4 Å². The number of hydrogen-bond donors (Lipinski definition) is 1. The number of carbonyl (C=O) groups excluding carboxylic acids is 1. The summed E-state index contributed by atoms with van der Waals surface area (Å²) < 4.78 is 0. The molecule has 0 saturated carbocycles. The highest BCUT2D eigenvalue weighted by molar-refractivity contribution is 5.90. The molecule has 2 heterocycles. The molecular formula is C24H33N3O. The Hall–Kier alpha value is -2.20. The summed E-state index contributed by atoms with van der Waals surface area (Å²) in [5.41, 5.74) is 6.89. The number of amides is 1. The highest BCUT2D eigenvalue weighted by Gasteiger charge is 2.44. The topological polar surface area (TPSA) is 59.2 Å². The lowest BCUT2D eigenvalue weighted by Crippen LogP contribution is -2.56. The lowest BCUT2D eigenvalue weighted by atomic mass is 9.72. The number of pyridine rings is 1. The Labute approximate surface area is 169 Å². The molecule has 28 heavy (non-hydrogen) atoms. The Morgan fingerprint density at radius 2 is 1.86 bits per heavy atom. The van der Waals surface area contributed by atoms with Gasteiger partial charge in [0.05, 0.1) is 5.69 Å². The molecule has 1 saturated heterocycles. The second kappa shape index (κ2) is 8.04. The molecule has 0 bridgehead atoms. The molecule has 1 amide bonds. The lowest BCUT2D eigenvalue weighted by molar-refractivity contribution is -0.123. The molecule has 1 aromatic carbocycles. The number of primary amides is 1. The van der Waals surface area contributed by atoms with E-state index in [2.05, 4.69) is 37.6 Å². The highest BCUT2D eigenvalue weighted by Crippen LogP contribution is 2.39. The Morgan fingerprint density at radius 3 is 2.43 bits per heavy atom. The first-order valence-electron chi connectivity index (χ1n) is 10.3. The predicted octanol–water partition coefficient (Wildman–Crippen LogP) is 4.14. The van der Waals surface area contributed by atoms with Crippen LogP contribution in [0.5, 0.6) is 0 Å². The number of piperidine rings is 1. The zero-order chi connectivity index (χ0) is 20.4. The zero-order valence-electron chi connectivity index (χ0n) is 17.6. The summed E-state index contributed by atoms with van der Waals surface area (Å²) in [5.74, 6) is 0.375. The molecule has 0 aliphatic carbocycles. The van der Waals surface area contributed by atoms with E-state index in [1.165, 1.54) is 6.42 Å². The minimum Gasteiger partial charge on any atom is -0.369 e. The maximum absolute atomic E-state index is 13.0. The highest BCUT2D eigenvalue weighted by atomic mass is 16.1. The van der Waals surface area contributed by atoms with Crippen LogP contribution in [-0.4, -0.2) is 33.9 Å². The van der Waals surface area contributed by atoms with Gasteiger partial charge in [0.1, 0.15) is 5.41 Å². The molecule has 1 aliphatic rings. The van der Waals surface area contributed by atoms with Crippen molar-refractivity contribution in [3.8, 4) is 0 Å². The van der Waals surface area contributed by atoms with E-state index in [0.717, 1.165) is 24.2 Å². The van der Waals surface area contributed by atoms with Crippen molar-refractivity contribution in [2.75, 3.05) is 6.54 Å². The van der Waals surface area contributed by atoms with Crippen LogP contribution in [-0.2, 0) is 10.2 Å². The van der Waals surface area contributed by atoms with Crippen LogP contribution in [0.3, 0.4) is 0 Å². The van der Waals surface area contributed by atoms with Crippen molar-refractivity contribution in [2.45, 2.75) is 64.0 Å². The number of likely N-dealkylation sites (tertiary alicyclic amines) is 1. The van der Waals surface area contributed by atoms with Gasteiger partial charge in [0.15, 0.2) is 0 Å². The van der Waals surface area contributed by atoms with Crippen LogP contribution in [0, 0.1) is 5.92 Å². The lowest BCUT2D eigenvalue weighted by Gasteiger charge is -2.50. The molecule has 3 rings (SSSR count). The summed E-state index contributed by atoms with van der Waals surface area (Å²) in [4.78, 5) is 20.1. The molecule has 4 nitrogen and oxygen atoms in total. The van der Waals surface area contributed by atoms with E-state index < -0.39 is 5.41 Å². The maximum Gasteiger partial charge on any atom is 0.234 e. The Morgan fingerprint density at radius 1 is 1.18 bits per heavy atom. The first-order chi connectivity index (χ1) is 13.3. The van der Waals surface area contributed by atoms with Gasteiger partial charge in [-0.15, -0.1) is 0 Å². The molecule has 0 radical (unpaired) electrons. The summed E-state index contributed by atoms with van der Waals surface area (Å²) in [6, 6.07) is 16.1. The molecule has 4 heteroatoms. The van der Waals surface area contributed by atoms with Gasteiger partial charge in [-0.05, 0) is 63.6 Å². The number of nitrogens with two attached hydrogens (primary N) is 1. The molecule has 150 valence electrons. The monoisotopic (exact) mass is 379 g/mol. The van der Waals surface area contributed by atoms with Gasteiger partial charge in [-0.1, -0.05) is 43.3 Å². The Balaban J connectivity index is 2.00. The maximum atomic E-state index is 13.0. The minimum atomic E-state index is -0.929. The molecule has 1 aliphatic heterocycles. The number of benzene rings is 1. The Kier molecular flexibility index (Phi) is 5.90. The second-order valence-electron chi connectivity index (χ2n) is 9.00. The third-order valence-electron chi connectivity index (χ3n) is 6.42. The van der Waals surface area contributed by atoms with Crippen LogP contribution in [0.1, 0.15) is 58.2 Å². The zero-order valence-corrected chi connectivity index (χ0v) is 17.6. The van der Waals surface area contributed by atoms with Crippen molar-refractivity contribution >= 4 is 5.91 Å². The third-order valence-corrected chi connectivity index (χ3v) is 6.42. The summed E-state index contributed by atoms with van der Waals surface area (Å²) >= 11 is 0. The van der Waals surface area contributed by atoms with Crippen LogP contribution in [0.2, 0.25) is 0 Å². The SMILES string of the molecule is CC1CC(C)N(CCC(C(N)=O)(c2ccccc2)c2ccccn2)C(C)(C)C1. The van der Waals surface area contributed by atoms with Crippen molar-refractivity contribution in [1.82, 2.24) is 9.88 Å². The third kappa shape index (κ3) is 3.83. The van der Waals surface area contributed by atoms with Crippen molar-refractivity contribution in [2.24, 2.45) is 11.7 Å². The van der Waals surface area contributed by atoms with Gasteiger partial charge in [0, 0.05) is 24.3 Å². The van der Waals surface area contributed by atoms with Gasteiger partial charge in [0.25, 0.3) is 0 Å². The van der Waals surface area contributed by atoms with Crippen molar-refractivity contribution in [3.05, 3.63) is 66.0 Å². The fraction of sp³-hybridized carbons (Fsp3) is 0.500. The number of aromatic nitrogens is 1. The van der Waals surface area contributed by atoms with Gasteiger partial charge in [0.2, 0.25) is 5.91 Å². The van der Waals surface area contributed by atoms with E-state index in [0.29, 0.717) is 18.4 Å². The molecule has 3 atom stereocenters. The quantitative estimate of drug-likeness (QED) is 0.820. The van der Waals surface area contributed by atoms with Crippen molar-refractivity contribution in [1.29, 1.82) is 0 Å². The van der Waals surface area contributed by atoms with E-state index >= 15 is 0 Å². The van der Waals surface area contributed by atoms with Gasteiger partial charge in [-0.25, -0.2) is 0 Å².